The Morgan fingerprint density at radius 3 is 2.65 bits per heavy atom. The molecule has 0 radical (unpaired) electrons. The molecule has 1 aliphatic rings. The number of carboxylic acid groups (broad SMARTS) is 1. The van der Waals surface area contributed by atoms with Crippen LogP contribution in [-0.2, 0) is 6.54 Å². The van der Waals surface area contributed by atoms with Crippen molar-refractivity contribution in [2.75, 3.05) is 13.1 Å². The van der Waals surface area contributed by atoms with E-state index < -0.39 is 5.97 Å². The van der Waals surface area contributed by atoms with Crippen molar-refractivity contribution in [3.63, 3.8) is 0 Å². The number of carbonyl (C=O) groups is 1. The van der Waals surface area contributed by atoms with Crippen LogP contribution in [0.2, 0.25) is 0 Å². The van der Waals surface area contributed by atoms with Crippen molar-refractivity contribution in [3.8, 4) is 0 Å². The molecule has 5 heteroatoms. The van der Waals surface area contributed by atoms with E-state index in [1.54, 1.807) is 0 Å². The number of likely N-dealkylation sites (tertiary alicyclic amines) is 1. The Morgan fingerprint density at radius 2 is 2.12 bits per heavy atom. The molecule has 2 rings (SSSR count). The van der Waals surface area contributed by atoms with E-state index in [9.17, 15) is 4.79 Å². The summed E-state index contributed by atoms with van der Waals surface area (Å²) in [4.78, 5) is 13.5. The van der Waals surface area contributed by atoms with Crippen LogP contribution in [0, 0.1) is 0 Å². The van der Waals surface area contributed by atoms with Crippen LogP contribution in [0.1, 0.15) is 48.8 Å². The molecule has 17 heavy (non-hydrogen) atoms. The Bertz CT molecular complexity index is 406. The summed E-state index contributed by atoms with van der Waals surface area (Å²) in [5, 5.41) is 13.4. The highest BCUT2D eigenvalue weighted by molar-refractivity contribution is 5.88. The molecule has 1 N–H and O–H groups in total. The van der Waals surface area contributed by atoms with E-state index in [1.165, 1.54) is 19.0 Å². The van der Waals surface area contributed by atoms with Crippen molar-refractivity contribution in [2.45, 2.75) is 39.3 Å². The van der Waals surface area contributed by atoms with E-state index in [1.807, 2.05) is 18.5 Å². The summed E-state index contributed by atoms with van der Waals surface area (Å²) in [6, 6.07) is 0.195. The molecule has 0 unspecified atom stereocenters. The maximum Gasteiger partial charge on any atom is 0.339 e. The van der Waals surface area contributed by atoms with Gasteiger partial charge in [-0.25, -0.2) is 4.79 Å². The Balaban J connectivity index is 2.26. The van der Waals surface area contributed by atoms with Crippen molar-refractivity contribution in [2.24, 2.45) is 0 Å². The van der Waals surface area contributed by atoms with Crippen LogP contribution in [-0.4, -0.2) is 38.8 Å². The third-order valence-corrected chi connectivity index (χ3v) is 3.19. The smallest absolute Gasteiger partial charge is 0.339 e. The predicted octanol–water partition coefficient (Wildman–Crippen LogP) is 1.76. The molecule has 1 saturated heterocycles. The first-order valence-electron chi connectivity index (χ1n) is 6.11. The van der Waals surface area contributed by atoms with Gasteiger partial charge in [0.1, 0.15) is 5.56 Å². The quantitative estimate of drug-likeness (QED) is 0.866. The standard InChI is InChI=1S/C12H19N3O2/c1-9(2)15-11(8-14-5-3-4-6-14)10(7-13-15)12(16)17/h7,9H,3-6,8H2,1-2H3,(H,16,17). The Hall–Kier alpha value is -1.36. The van der Waals surface area contributed by atoms with Crippen molar-refractivity contribution in [3.05, 3.63) is 17.5 Å². The van der Waals surface area contributed by atoms with Crippen LogP contribution < -0.4 is 0 Å². The fraction of sp³-hybridized carbons (Fsp3) is 0.667. The van der Waals surface area contributed by atoms with Gasteiger partial charge in [-0.05, 0) is 39.8 Å². The molecular formula is C12H19N3O2. The van der Waals surface area contributed by atoms with Crippen LogP contribution in [0.25, 0.3) is 0 Å². The lowest BCUT2D eigenvalue weighted by atomic mass is 10.2. The summed E-state index contributed by atoms with van der Waals surface area (Å²) in [6.07, 6.45) is 3.88. The molecule has 0 atom stereocenters. The van der Waals surface area contributed by atoms with Gasteiger partial charge in [-0.15, -0.1) is 0 Å². The maximum absolute atomic E-state index is 11.2. The minimum absolute atomic E-state index is 0.195. The summed E-state index contributed by atoms with van der Waals surface area (Å²) in [5.74, 6) is -0.883. The summed E-state index contributed by atoms with van der Waals surface area (Å²) in [5.41, 5.74) is 1.17. The van der Waals surface area contributed by atoms with E-state index >= 15 is 0 Å². The highest BCUT2D eigenvalue weighted by Gasteiger charge is 2.21. The maximum atomic E-state index is 11.2. The van der Waals surface area contributed by atoms with Gasteiger partial charge in [-0.2, -0.15) is 5.10 Å². The van der Waals surface area contributed by atoms with E-state index in [4.69, 9.17) is 5.11 Å². The zero-order valence-corrected chi connectivity index (χ0v) is 10.4. The minimum atomic E-state index is -0.883. The number of nitrogens with zero attached hydrogens (tertiary/aromatic N) is 3. The topological polar surface area (TPSA) is 58.4 Å². The summed E-state index contributed by atoms with van der Waals surface area (Å²) in [6.45, 7) is 6.85. The molecule has 0 saturated carbocycles. The van der Waals surface area contributed by atoms with Crippen LogP contribution in [0.5, 0.6) is 0 Å². The van der Waals surface area contributed by atoms with E-state index in [0.717, 1.165) is 18.8 Å². The Morgan fingerprint density at radius 1 is 1.47 bits per heavy atom. The van der Waals surface area contributed by atoms with Crippen LogP contribution in [0.4, 0.5) is 0 Å². The second-order valence-corrected chi connectivity index (χ2v) is 4.83. The van der Waals surface area contributed by atoms with Gasteiger partial charge in [0.2, 0.25) is 0 Å². The van der Waals surface area contributed by atoms with Crippen LogP contribution in [0.15, 0.2) is 6.20 Å². The van der Waals surface area contributed by atoms with Gasteiger partial charge in [0, 0.05) is 12.6 Å². The van der Waals surface area contributed by atoms with E-state index in [0.29, 0.717) is 12.1 Å². The van der Waals surface area contributed by atoms with E-state index in [-0.39, 0.29) is 6.04 Å². The second kappa shape index (κ2) is 4.87. The molecule has 0 amide bonds. The largest absolute Gasteiger partial charge is 0.478 e. The molecule has 0 aromatic carbocycles. The number of aromatic nitrogens is 2. The number of hydrogen-bond donors (Lipinski definition) is 1. The third-order valence-electron chi connectivity index (χ3n) is 3.19. The molecule has 0 bridgehead atoms. The zero-order chi connectivity index (χ0) is 12.4. The summed E-state index contributed by atoms with van der Waals surface area (Å²) < 4.78 is 1.82. The monoisotopic (exact) mass is 237 g/mol. The molecule has 1 aliphatic heterocycles. The average Bonchev–Trinajstić information content (AvgIpc) is 2.86. The molecule has 0 aliphatic carbocycles. The molecule has 5 nitrogen and oxygen atoms in total. The SMILES string of the molecule is CC(C)n1ncc(C(=O)O)c1CN1CCCC1. The molecular weight excluding hydrogens is 218 g/mol. The summed E-state index contributed by atoms with van der Waals surface area (Å²) >= 11 is 0. The van der Waals surface area contributed by atoms with Gasteiger partial charge in [0.05, 0.1) is 11.9 Å². The van der Waals surface area contributed by atoms with Gasteiger partial charge in [0.15, 0.2) is 0 Å². The third kappa shape index (κ3) is 2.49. The van der Waals surface area contributed by atoms with Crippen LogP contribution >= 0.6 is 0 Å². The first-order valence-corrected chi connectivity index (χ1v) is 6.11. The minimum Gasteiger partial charge on any atom is -0.478 e. The highest BCUT2D eigenvalue weighted by atomic mass is 16.4. The molecule has 0 spiro atoms. The molecule has 1 aromatic rings. The fourth-order valence-electron chi connectivity index (χ4n) is 2.32. The lowest BCUT2D eigenvalue weighted by Crippen LogP contribution is -2.23. The molecule has 1 fully saturated rings. The Labute approximate surface area is 101 Å². The summed E-state index contributed by atoms with van der Waals surface area (Å²) in [7, 11) is 0. The Kier molecular flexibility index (Phi) is 3.47. The number of aromatic carboxylic acids is 1. The normalized spacial score (nSPS) is 16.9. The first-order chi connectivity index (χ1) is 8.09. The molecule has 2 heterocycles. The first kappa shape index (κ1) is 12.1. The van der Waals surface area contributed by atoms with Gasteiger partial charge in [0.25, 0.3) is 0 Å². The van der Waals surface area contributed by atoms with Crippen molar-refractivity contribution >= 4 is 5.97 Å². The second-order valence-electron chi connectivity index (χ2n) is 4.83. The van der Waals surface area contributed by atoms with E-state index in [2.05, 4.69) is 10.00 Å². The van der Waals surface area contributed by atoms with Crippen molar-refractivity contribution in [1.29, 1.82) is 0 Å². The van der Waals surface area contributed by atoms with Gasteiger partial charge < -0.3 is 5.11 Å². The zero-order valence-electron chi connectivity index (χ0n) is 10.4. The molecule has 94 valence electrons. The lowest BCUT2D eigenvalue weighted by Gasteiger charge is -2.18. The van der Waals surface area contributed by atoms with Gasteiger partial charge >= 0.3 is 5.97 Å². The van der Waals surface area contributed by atoms with Crippen molar-refractivity contribution < 1.29 is 9.90 Å². The lowest BCUT2D eigenvalue weighted by molar-refractivity contribution is 0.0694. The number of carboxylic acids is 1. The van der Waals surface area contributed by atoms with Crippen molar-refractivity contribution in [1.82, 2.24) is 14.7 Å². The average molecular weight is 237 g/mol. The fourth-order valence-corrected chi connectivity index (χ4v) is 2.32. The van der Waals surface area contributed by atoms with Gasteiger partial charge in [-0.1, -0.05) is 0 Å². The predicted molar refractivity (Wildman–Crippen MR) is 64.1 cm³/mol. The highest BCUT2D eigenvalue weighted by Crippen LogP contribution is 2.19. The van der Waals surface area contributed by atoms with Gasteiger partial charge in [-0.3, -0.25) is 9.58 Å². The van der Waals surface area contributed by atoms with Crippen LogP contribution in [0.3, 0.4) is 0 Å². The molecule has 1 aromatic heterocycles. The number of hydrogen-bond acceptors (Lipinski definition) is 3. The number of rotatable bonds is 4.